The van der Waals surface area contributed by atoms with Crippen LogP contribution in [0.4, 0.5) is 9.18 Å². The highest BCUT2D eigenvalue weighted by Crippen LogP contribution is 2.32. The minimum atomic E-state index is -0.606. The van der Waals surface area contributed by atoms with Crippen LogP contribution in [0.15, 0.2) is 36.4 Å². The van der Waals surface area contributed by atoms with Crippen molar-refractivity contribution in [2.75, 3.05) is 39.9 Å². The molecule has 2 saturated heterocycles. The zero-order valence-electron chi connectivity index (χ0n) is 30.0. The predicted molar refractivity (Wildman–Crippen MR) is 185 cm³/mol. The molecule has 2 aliphatic heterocycles. The fourth-order valence-electron chi connectivity index (χ4n) is 6.79. The van der Waals surface area contributed by atoms with Crippen molar-refractivity contribution in [2.24, 2.45) is 0 Å². The van der Waals surface area contributed by atoms with Crippen molar-refractivity contribution in [3.05, 3.63) is 58.9 Å². The van der Waals surface area contributed by atoms with E-state index in [1.807, 2.05) is 59.4 Å². The monoisotopic (exact) mass is 667 g/mol. The van der Waals surface area contributed by atoms with Gasteiger partial charge in [-0.3, -0.25) is 9.59 Å². The van der Waals surface area contributed by atoms with Crippen LogP contribution in [0.5, 0.6) is 0 Å². The van der Waals surface area contributed by atoms with Crippen LogP contribution >= 0.6 is 0 Å². The summed E-state index contributed by atoms with van der Waals surface area (Å²) >= 11 is 0. The molecule has 0 aromatic heterocycles. The Bertz CT molecular complexity index is 1430. The topological polar surface area (TPSA) is 88.6 Å². The molecular weight excluding hydrogens is 613 g/mol. The lowest BCUT2D eigenvalue weighted by Gasteiger charge is -2.41. The minimum Gasteiger partial charge on any atom is -0.444 e. The van der Waals surface area contributed by atoms with E-state index in [1.165, 1.54) is 12.1 Å². The van der Waals surface area contributed by atoms with Crippen LogP contribution in [0.1, 0.15) is 100 Å². The number of nitrogens with zero attached hydrogens (tertiary/aromatic N) is 3. The van der Waals surface area contributed by atoms with Gasteiger partial charge < -0.3 is 28.9 Å². The highest BCUT2D eigenvalue weighted by Gasteiger charge is 2.35. The fourth-order valence-corrected chi connectivity index (χ4v) is 6.79. The number of amides is 3. The molecule has 2 heterocycles. The predicted octanol–water partition coefficient (Wildman–Crippen LogP) is 6.96. The summed E-state index contributed by atoms with van der Waals surface area (Å²) in [5.41, 5.74) is 2.13. The third-order valence-electron chi connectivity index (χ3n) is 8.84. The van der Waals surface area contributed by atoms with Crippen molar-refractivity contribution in [2.45, 2.75) is 110 Å². The largest absolute Gasteiger partial charge is 0.444 e. The summed E-state index contributed by atoms with van der Waals surface area (Å²) in [6.45, 7) is 15.9. The first-order valence-corrected chi connectivity index (χ1v) is 17.4. The van der Waals surface area contributed by atoms with Gasteiger partial charge in [0, 0.05) is 62.6 Å². The van der Waals surface area contributed by atoms with Crippen molar-refractivity contribution in [3.8, 4) is 11.1 Å². The van der Waals surface area contributed by atoms with E-state index in [9.17, 15) is 14.4 Å². The van der Waals surface area contributed by atoms with Gasteiger partial charge in [0.05, 0.1) is 18.2 Å². The Morgan fingerprint density at radius 2 is 1.65 bits per heavy atom. The molecule has 1 unspecified atom stereocenters. The van der Waals surface area contributed by atoms with Crippen molar-refractivity contribution >= 4 is 17.9 Å². The molecule has 0 aliphatic carbocycles. The van der Waals surface area contributed by atoms with E-state index in [2.05, 4.69) is 0 Å². The second kappa shape index (κ2) is 16.3. The number of rotatable bonds is 10. The third kappa shape index (κ3) is 9.56. The molecule has 9 nitrogen and oxygen atoms in total. The number of unbranched alkanes of at least 4 members (excludes halogenated alkanes) is 1. The molecule has 2 aromatic rings. The molecule has 2 fully saturated rings. The second-order valence-corrected chi connectivity index (χ2v) is 14.5. The van der Waals surface area contributed by atoms with Crippen LogP contribution in [0.25, 0.3) is 11.1 Å². The maximum atomic E-state index is 15.6. The van der Waals surface area contributed by atoms with E-state index < -0.39 is 11.4 Å². The number of aryl methyl sites for hydroxylation is 1. The second-order valence-electron chi connectivity index (χ2n) is 14.5. The molecule has 2 aliphatic rings. The molecule has 10 heteroatoms. The number of carbonyl (C=O) groups is 3. The Kier molecular flexibility index (Phi) is 12.6. The number of halogens is 1. The maximum Gasteiger partial charge on any atom is 0.410 e. The summed E-state index contributed by atoms with van der Waals surface area (Å²) in [5.74, 6) is -0.724. The van der Waals surface area contributed by atoms with E-state index in [4.69, 9.17) is 14.2 Å². The number of piperidine rings is 1. The van der Waals surface area contributed by atoms with E-state index in [-0.39, 0.29) is 42.2 Å². The van der Waals surface area contributed by atoms with Crippen LogP contribution in [0.2, 0.25) is 0 Å². The number of likely N-dealkylation sites (tertiary alicyclic amines) is 1. The Labute approximate surface area is 285 Å². The maximum absolute atomic E-state index is 15.6. The Morgan fingerprint density at radius 3 is 2.29 bits per heavy atom. The number of hydrogen-bond donors (Lipinski definition) is 0. The standard InChI is InChI=1S/C38H54FN3O6/c1-25(2)42(31-13-11-18-40(24-31)37(45)48-38(5,6)7)36(44)29-14-16-32(28(20-29)12-9-10-19-46-8)33-21-30(15-17-34(33)39)35(43)41-22-26(3)47-27(4)23-41/h14-17,20-21,25-27,31H,9-13,18-19,22-24H2,1-8H3/t26-,27+,31?. The lowest BCUT2D eigenvalue weighted by Crippen LogP contribution is -2.54. The molecule has 3 amide bonds. The highest BCUT2D eigenvalue weighted by atomic mass is 19.1. The van der Waals surface area contributed by atoms with Gasteiger partial charge in [0.15, 0.2) is 0 Å². The van der Waals surface area contributed by atoms with Gasteiger partial charge in [-0.05, 0) is 122 Å². The molecule has 2 aromatic carbocycles. The van der Waals surface area contributed by atoms with Crippen molar-refractivity contribution < 1.29 is 33.0 Å². The molecule has 3 atom stereocenters. The van der Waals surface area contributed by atoms with Gasteiger partial charge in [-0.2, -0.15) is 0 Å². The van der Waals surface area contributed by atoms with E-state index in [1.54, 1.807) is 35.1 Å². The van der Waals surface area contributed by atoms with E-state index >= 15 is 4.39 Å². The molecule has 0 saturated carbocycles. The van der Waals surface area contributed by atoms with Crippen LogP contribution in [0.3, 0.4) is 0 Å². The van der Waals surface area contributed by atoms with Crippen LogP contribution < -0.4 is 0 Å². The van der Waals surface area contributed by atoms with Gasteiger partial charge in [-0.1, -0.05) is 6.07 Å². The molecule has 0 spiro atoms. The molecule has 0 bridgehead atoms. The summed E-state index contributed by atoms with van der Waals surface area (Å²) in [6.07, 6.45) is 3.20. The SMILES string of the molecule is COCCCCc1cc(C(=O)N(C(C)C)C2CCCN(C(=O)OC(C)(C)C)C2)ccc1-c1cc(C(=O)N2C[C@@H](C)O[C@@H](C)C2)ccc1F. The smallest absolute Gasteiger partial charge is 0.410 e. The normalized spacial score (nSPS) is 20.2. The average Bonchev–Trinajstić information content (AvgIpc) is 3.02. The zero-order chi connectivity index (χ0) is 35.2. The Hall–Kier alpha value is -3.50. The quantitative estimate of drug-likeness (QED) is 0.255. The number of hydrogen-bond acceptors (Lipinski definition) is 6. The van der Waals surface area contributed by atoms with Gasteiger partial charge in [-0.25, -0.2) is 9.18 Å². The molecule has 4 rings (SSSR count). The van der Waals surface area contributed by atoms with Gasteiger partial charge in [0.2, 0.25) is 0 Å². The zero-order valence-corrected chi connectivity index (χ0v) is 30.0. The first-order valence-electron chi connectivity index (χ1n) is 17.4. The summed E-state index contributed by atoms with van der Waals surface area (Å²) in [7, 11) is 1.66. The molecular formula is C38H54FN3O6. The Morgan fingerprint density at radius 1 is 0.958 bits per heavy atom. The summed E-state index contributed by atoms with van der Waals surface area (Å²) < 4.78 is 32.3. The summed E-state index contributed by atoms with van der Waals surface area (Å²) in [5, 5.41) is 0. The van der Waals surface area contributed by atoms with Crippen LogP contribution in [0, 0.1) is 5.82 Å². The number of carbonyl (C=O) groups excluding carboxylic acids is 3. The molecule has 264 valence electrons. The number of morpholine rings is 1. The number of ether oxygens (including phenoxy) is 3. The fraction of sp³-hybridized carbons (Fsp3) is 0.605. The third-order valence-corrected chi connectivity index (χ3v) is 8.84. The lowest BCUT2D eigenvalue weighted by atomic mass is 9.92. The van der Waals surface area contributed by atoms with E-state index in [0.29, 0.717) is 61.5 Å². The van der Waals surface area contributed by atoms with Gasteiger partial charge in [0.25, 0.3) is 11.8 Å². The minimum absolute atomic E-state index is 0.0826. The first-order chi connectivity index (χ1) is 22.7. The lowest BCUT2D eigenvalue weighted by molar-refractivity contribution is -0.0586. The molecule has 0 N–H and O–H groups in total. The van der Waals surface area contributed by atoms with E-state index in [0.717, 1.165) is 31.2 Å². The number of methoxy groups -OCH3 is 1. The van der Waals surface area contributed by atoms with Crippen LogP contribution in [-0.4, -0.2) is 102 Å². The molecule has 48 heavy (non-hydrogen) atoms. The van der Waals surface area contributed by atoms with Gasteiger partial charge >= 0.3 is 6.09 Å². The Balaban J connectivity index is 1.65. The average molecular weight is 668 g/mol. The van der Waals surface area contributed by atoms with Gasteiger partial charge in [0.1, 0.15) is 11.4 Å². The molecule has 0 radical (unpaired) electrons. The van der Waals surface area contributed by atoms with Crippen molar-refractivity contribution in [3.63, 3.8) is 0 Å². The highest BCUT2D eigenvalue weighted by molar-refractivity contribution is 5.97. The summed E-state index contributed by atoms with van der Waals surface area (Å²) in [4.78, 5) is 46.0. The van der Waals surface area contributed by atoms with Crippen molar-refractivity contribution in [1.82, 2.24) is 14.7 Å². The van der Waals surface area contributed by atoms with Gasteiger partial charge in [-0.15, -0.1) is 0 Å². The van der Waals surface area contributed by atoms with Crippen LogP contribution in [-0.2, 0) is 20.6 Å². The number of benzene rings is 2. The summed E-state index contributed by atoms with van der Waals surface area (Å²) in [6, 6.07) is 9.65. The van der Waals surface area contributed by atoms with Crippen molar-refractivity contribution in [1.29, 1.82) is 0 Å². The first kappa shape index (κ1) is 37.3.